The van der Waals surface area contributed by atoms with Crippen LogP contribution in [0.15, 0.2) is 12.1 Å². The Morgan fingerprint density at radius 1 is 1.39 bits per heavy atom. The predicted molar refractivity (Wildman–Crippen MR) is 65.0 cm³/mol. The van der Waals surface area contributed by atoms with Gasteiger partial charge in [0, 0.05) is 13.2 Å². The summed E-state index contributed by atoms with van der Waals surface area (Å²) in [6.45, 7) is 2.50. The highest BCUT2D eigenvalue weighted by Gasteiger charge is 2.14. The third-order valence-electron chi connectivity index (χ3n) is 2.90. The van der Waals surface area contributed by atoms with E-state index in [1.54, 1.807) is 6.07 Å². The van der Waals surface area contributed by atoms with E-state index in [0.29, 0.717) is 13.0 Å². The quantitative estimate of drug-likeness (QED) is 0.820. The molecule has 1 atom stereocenters. The molecule has 1 rings (SSSR count). The number of rotatable bonds is 6. The molecular weight excluding hydrogens is 238 g/mol. The Balaban J connectivity index is 2.74. The predicted octanol–water partition coefficient (Wildman–Crippen LogP) is 2.66. The summed E-state index contributed by atoms with van der Waals surface area (Å²) in [7, 11) is 0. The molecule has 0 fully saturated rings. The van der Waals surface area contributed by atoms with Crippen molar-refractivity contribution in [2.24, 2.45) is 5.92 Å². The SMILES string of the molecule is CCC(CCO)CNc1ccc(C#N)c(F)c1F. The molecule has 0 aliphatic heterocycles. The summed E-state index contributed by atoms with van der Waals surface area (Å²) in [5.41, 5.74) is -0.261. The molecule has 18 heavy (non-hydrogen) atoms. The van der Waals surface area contributed by atoms with E-state index >= 15 is 0 Å². The molecule has 0 aromatic heterocycles. The van der Waals surface area contributed by atoms with Crippen LogP contribution >= 0.6 is 0 Å². The van der Waals surface area contributed by atoms with Gasteiger partial charge in [0.1, 0.15) is 6.07 Å². The van der Waals surface area contributed by atoms with Crippen LogP contribution in [0.25, 0.3) is 0 Å². The molecule has 3 nitrogen and oxygen atoms in total. The summed E-state index contributed by atoms with van der Waals surface area (Å²) in [6, 6.07) is 4.18. The van der Waals surface area contributed by atoms with Gasteiger partial charge in [0.05, 0.1) is 11.3 Å². The van der Waals surface area contributed by atoms with Crippen LogP contribution in [0, 0.1) is 28.9 Å². The fourth-order valence-corrected chi connectivity index (χ4v) is 1.66. The molecule has 0 saturated carbocycles. The molecule has 0 aliphatic rings. The number of aliphatic hydroxyl groups is 1. The molecule has 0 saturated heterocycles. The molecular formula is C13H16F2N2O. The number of nitriles is 1. The van der Waals surface area contributed by atoms with Gasteiger partial charge in [-0.05, 0) is 24.5 Å². The van der Waals surface area contributed by atoms with E-state index in [0.717, 1.165) is 6.42 Å². The maximum Gasteiger partial charge on any atom is 0.183 e. The summed E-state index contributed by atoms with van der Waals surface area (Å²) in [4.78, 5) is 0. The fraction of sp³-hybridized carbons (Fsp3) is 0.462. The third-order valence-corrected chi connectivity index (χ3v) is 2.90. The molecule has 0 spiro atoms. The van der Waals surface area contributed by atoms with E-state index in [2.05, 4.69) is 5.32 Å². The van der Waals surface area contributed by atoms with Crippen molar-refractivity contribution in [3.8, 4) is 6.07 Å². The van der Waals surface area contributed by atoms with Crippen LogP contribution < -0.4 is 5.32 Å². The average Bonchev–Trinajstić information content (AvgIpc) is 2.39. The Morgan fingerprint density at radius 2 is 2.11 bits per heavy atom. The second-order valence-electron chi connectivity index (χ2n) is 4.07. The standard InChI is InChI=1S/C13H16F2N2O/c1-2-9(5-6-18)8-17-11-4-3-10(7-16)12(14)13(11)15/h3-4,9,17-18H,2,5-6,8H2,1H3. The Kier molecular flexibility index (Phi) is 5.53. The Hall–Kier alpha value is -1.67. The Labute approximate surface area is 105 Å². The number of halogens is 2. The molecule has 0 amide bonds. The molecule has 2 N–H and O–H groups in total. The minimum atomic E-state index is -1.13. The summed E-state index contributed by atoms with van der Waals surface area (Å²) < 4.78 is 26.9. The van der Waals surface area contributed by atoms with Gasteiger partial charge in [-0.2, -0.15) is 5.26 Å². The molecule has 0 bridgehead atoms. The van der Waals surface area contributed by atoms with Gasteiger partial charge in [-0.3, -0.25) is 0 Å². The van der Waals surface area contributed by atoms with E-state index in [4.69, 9.17) is 10.4 Å². The highest BCUT2D eigenvalue weighted by atomic mass is 19.2. The highest BCUT2D eigenvalue weighted by Crippen LogP contribution is 2.21. The van der Waals surface area contributed by atoms with Gasteiger partial charge in [-0.25, -0.2) is 8.78 Å². The van der Waals surface area contributed by atoms with Gasteiger partial charge in [-0.15, -0.1) is 0 Å². The molecule has 0 heterocycles. The zero-order valence-corrected chi connectivity index (χ0v) is 10.2. The van der Waals surface area contributed by atoms with E-state index < -0.39 is 11.6 Å². The maximum atomic E-state index is 13.6. The van der Waals surface area contributed by atoms with E-state index in [-0.39, 0.29) is 23.8 Å². The second kappa shape index (κ2) is 6.92. The summed E-state index contributed by atoms with van der Waals surface area (Å²) >= 11 is 0. The van der Waals surface area contributed by atoms with Crippen LogP contribution in [0.3, 0.4) is 0 Å². The lowest BCUT2D eigenvalue weighted by atomic mass is 10.0. The lowest BCUT2D eigenvalue weighted by molar-refractivity contribution is 0.258. The number of aliphatic hydroxyl groups excluding tert-OH is 1. The number of nitrogens with zero attached hydrogens (tertiary/aromatic N) is 1. The number of hydrogen-bond donors (Lipinski definition) is 2. The van der Waals surface area contributed by atoms with Gasteiger partial charge in [-0.1, -0.05) is 13.3 Å². The Morgan fingerprint density at radius 3 is 2.67 bits per heavy atom. The molecule has 0 aliphatic carbocycles. The van der Waals surface area contributed by atoms with Crippen molar-refractivity contribution < 1.29 is 13.9 Å². The van der Waals surface area contributed by atoms with E-state index in [1.807, 2.05) is 6.92 Å². The van der Waals surface area contributed by atoms with Crippen molar-refractivity contribution in [1.82, 2.24) is 0 Å². The van der Waals surface area contributed by atoms with Crippen LogP contribution in [0.2, 0.25) is 0 Å². The van der Waals surface area contributed by atoms with Crippen molar-refractivity contribution in [1.29, 1.82) is 5.26 Å². The monoisotopic (exact) mass is 254 g/mol. The van der Waals surface area contributed by atoms with Crippen molar-refractivity contribution in [3.63, 3.8) is 0 Å². The van der Waals surface area contributed by atoms with Gasteiger partial charge in [0.2, 0.25) is 0 Å². The highest BCUT2D eigenvalue weighted by molar-refractivity contribution is 5.49. The first-order valence-electron chi connectivity index (χ1n) is 5.86. The van der Waals surface area contributed by atoms with E-state index in [1.165, 1.54) is 12.1 Å². The van der Waals surface area contributed by atoms with Crippen LogP contribution in [0.4, 0.5) is 14.5 Å². The van der Waals surface area contributed by atoms with Crippen molar-refractivity contribution in [2.75, 3.05) is 18.5 Å². The molecule has 1 aromatic rings. The first-order valence-corrected chi connectivity index (χ1v) is 5.86. The zero-order valence-electron chi connectivity index (χ0n) is 10.2. The minimum absolute atomic E-state index is 0.0443. The topological polar surface area (TPSA) is 56.0 Å². The van der Waals surface area contributed by atoms with Crippen molar-refractivity contribution >= 4 is 5.69 Å². The minimum Gasteiger partial charge on any atom is -0.396 e. The van der Waals surface area contributed by atoms with E-state index in [9.17, 15) is 8.78 Å². The molecule has 98 valence electrons. The first-order chi connectivity index (χ1) is 8.63. The van der Waals surface area contributed by atoms with Gasteiger partial charge >= 0.3 is 0 Å². The average molecular weight is 254 g/mol. The summed E-state index contributed by atoms with van der Waals surface area (Å²) in [6.07, 6.45) is 1.46. The summed E-state index contributed by atoms with van der Waals surface area (Å²) in [5, 5.41) is 20.2. The second-order valence-corrected chi connectivity index (χ2v) is 4.07. The lowest BCUT2D eigenvalue weighted by Crippen LogP contribution is -2.16. The third kappa shape index (κ3) is 3.41. The number of nitrogens with one attached hydrogen (secondary N) is 1. The number of hydrogen-bond acceptors (Lipinski definition) is 3. The van der Waals surface area contributed by atoms with Gasteiger partial charge in [0.25, 0.3) is 0 Å². The Bertz CT molecular complexity index is 443. The normalized spacial score (nSPS) is 11.9. The van der Waals surface area contributed by atoms with Crippen molar-refractivity contribution in [3.05, 3.63) is 29.3 Å². The largest absolute Gasteiger partial charge is 0.396 e. The van der Waals surface area contributed by atoms with Crippen LogP contribution in [-0.4, -0.2) is 18.3 Å². The van der Waals surface area contributed by atoms with Crippen LogP contribution in [0.1, 0.15) is 25.3 Å². The fourth-order valence-electron chi connectivity index (χ4n) is 1.66. The number of anilines is 1. The zero-order chi connectivity index (χ0) is 13.5. The molecule has 0 radical (unpaired) electrons. The maximum absolute atomic E-state index is 13.6. The van der Waals surface area contributed by atoms with Gasteiger partial charge < -0.3 is 10.4 Å². The van der Waals surface area contributed by atoms with Crippen LogP contribution in [-0.2, 0) is 0 Å². The lowest BCUT2D eigenvalue weighted by Gasteiger charge is -2.15. The van der Waals surface area contributed by atoms with Crippen molar-refractivity contribution in [2.45, 2.75) is 19.8 Å². The number of benzene rings is 1. The van der Waals surface area contributed by atoms with Crippen LogP contribution in [0.5, 0.6) is 0 Å². The molecule has 1 aromatic carbocycles. The molecule has 1 unspecified atom stereocenters. The van der Waals surface area contributed by atoms with Gasteiger partial charge in [0.15, 0.2) is 11.6 Å². The smallest absolute Gasteiger partial charge is 0.183 e. The first kappa shape index (κ1) is 14.4. The molecule has 5 heteroatoms. The summed E-state index contributed by atoms with van der Waals surface area (Å²) in [5.74, 6) is -1.96.